The monoisotopic (exact) mass is 245 g/mol. The first kappa shape index (κ1) is 15.7. The smallest absolute Gasteiger partial charge is 0.251 e. The molecule has 0 rings (SSSR count). The zero-order chi connectivity index (χ0) is 13.3. The molecular formula is C11H23N3O3. The molecule has 0 aliphatic heterocycles. The van der Waals surface area contributed by atoms with Gasteiger partial charge in [-0.1, -0.05) is 12.1 Å². The Balaban J connectivity index is 3.79. The van der Waals surface area contributed by atoms with Crippen LogP contribution in [0.1, 0.15) is 39.5 Å². The van der Waals surface area contributed by atoms with E-state index in [4.69, 9.17) is 15.7 Å². The number of methoxy groups -OCH3 is 1. The molecule has 1 atom stereocenters. The third kappa shape index (κ3) is 5.53. The summed E-state index contributed by atoms with van der Waals surface area (Å²) in [6, 6.07) is 0. The lowest BCUT2D eigenvalue weighted by Gasteiger charge is -2.25. The summed E-state index contributed by atoms with van der Waals surface area (Å²) in [4.78, 5) is 11.8. The fraction of sp³-hybridized carbons (Fsp3) is 0.818. The predicted molar refractivity (Wildman–Crippen MR) is 66.0 cm³/mol. The van der Waals surface area contributed by atoms with E-state index >= 15 is 0 Å². The third-order valence-electron chi connectivity index (χ3n) is 2.88. The van der Waals surface area contributed by atoms with E-state index in [1.165, 1.54) is 7.11 Å². The Morgan fingerprint density at radius 1 is 1.53 bits per heavy atom. The number of oxime groups is 1. The number of nitrogens with one attached hydrogen (secondary N) is 1. The minimum absolute atomic E-state index is 0.105. The van der Waals surface area contributed by atoms with Crippen LogP contribution < -0.4 is 11.1 Å². The molecule has 1 unspecified atom stereocenters. The standard InChI is InChI=1S/C11H23N3O3/c1-4-11(2,17-3)10(15)13-8-6-5-7-9(12)14-16/h16H,4-8H2,1-3H3,(H2,12,14)(H,13,15). The summed E-state index contributed by atoms with van der Waals surface area (Å²) in [6.45, 7) is 4.23. The number of nitrogens with zero attached hydrogens (tertiary/aromatic N) is 1. The predicted octanol–water partition coefficient (Wildman–Crippen LogP) is 0.834. The van der Waals surface area contributed by atoms with Gasteiger partial charge in [-0.05, 0) is 26.2 Å². The van der Waals surface area contributed by atoms with Crippen molar-refractivity contribution < 1.29 is 14.7 Å². The van der Waals surface area contributed by atoms with Gasteiger partial charge in [0.2, 0.25) is 0 Å². The van der Waals surface area contributed by atoms with Crippen molar-refractivity contribution in [2.24, 2.45) is 10.9 Å². The van der Waals surface area contributed by atoms with Gasteiger partial charge in [0.25, 0.3) is 5.91 Å². The van der Waals surface area contributed by atoms with Crippen LogP contribution in [0.2, 0.25) is 0 Å². The maximum absolute atomic E-state index is 11.8. The number of rotatable bonds is 8. The van der Waals surface area contributed by atoms with Crippen molar-refractivity contribution in [3.05, 3.63) is 0 Å². The fourth-order valence-corrected chi connectivity index (χ4v) is 1.27. The Kier molecular flexibility index (Phi) is 7.29. The van der Waals surface area contributed by atoms with Gasteiger partial charge in [-0.3, -0.25) is 4.79 Å². The van der Waals surface area contributed by atoms with E-state index in [9.17, 15) is 4.79 Å². The zero-order valence-electron chi connectivity index (χ0n) is 10.8. The molecule has 0 fully saturated rings. The normalized spacial score (nSPS) is 15.4. The molecule has 100 valence electrons. The van der Waals surface area contributed by atoms with Gasteiger partial charge < -0.3 is 21.0 Å². The molecule has 0 aromatic carbocycles. The number of hydrogen-bond acceptors (Lipinski definition) is 4. The summed E-state index contributed by atoms with van der Waals surface area (Å²) in [6.07, 6.45) is 2.71. The minimum Gasteiger partial charge on any atom is -0.409 e. The highest BCUT2D eigenvalue weighted by Crippen LogP contribution is 2.13. The SMILES string of the molecule is CCC(C)(OC)C(=O)NCCCCC(N)=NO. The average Bonchev–Trinajstić information content (AvgIpc) is 2.36. The van der Waals surface area contributed by atoms with E-state index in [1.807, 2.05) is 6.92 Å². The Bertz CT molecular complexity index is 263. The second-order valence-electron chi connectivity index (χ2n) is 4.09. The Morgan fingerprint density at radius 3 is 2.65 bits per heavy atom. The van der Waals surface area contributed by atoms with E-state index in [2.05, 4.69) is 10.5 Å². The van der Waals surface area contributed by atoms with Crippen molar-refractivity contribution in [3.63, 3.8) is 0 Å². The minimum atomic E-state index is -0.758. The first-order valence-corrected chi connectivity index (χ1v) is 5.80. The topological polar surface area (TPSA) is 96.9 Å². The van der Waals surface area contributed by atoms with Crippen LogP contribution in [0.25, 0.3) is 0 Å². The second-order valence-corrected chi connectivity index (χ2v) is 4.09. The molecule has 0 heterocycles. The number of carbonyl (C=O) groups is 1. The van der Waals surface area contributed by atoms with Gasteiger partial charge in [-0.15, -0.1) is 0 Å². The largest absolute Gasteiger partial charge is 0.409 e. The molecule has 0 bridgehead atoms. The molecule has 0 saturated heterocycles. The van der Waals surface area contributed by atoms with Crippen LogP contribution in [0, 0.1) is 0 Å². The highest BCUT2D eigenvalue weighted by Gasteiger charge is 2.30. The molecule has 1 amide bonds. The number of hydrogen-bond donors (Lipinski definition) is 3. The number of ether oxygens (including phenoxy) is 1. The number of nitrogens with two attached hydrogens (primary N) is 1. The average molecular weight is 245 g/mol. The van der Waals surface area contributed by atoms with Gasteiger partial charge in [0.15, 0.2) is 0 Å². The van der Waals surface area contributed by atoms with E-state index in [0.717, 1.165) is 12.8 Å². The van der Waals surface area contributed by atoms with Crippen molar-refractivity contribution in [2.45, 2.75) is 45.1 Å². The fourth-order valence-electron chi connectivity index (χ4n) is 1.27. The first-order valence-electron chi connectivity index (χ1n) is 5.80. The summed E-state index contributed by atoms with van der Waals surface area (Å²) in [5, 5.41) is 14.0. The quantitative estimate of drug-likeness (QED) is 0.194. The van der Waals surface area contributed by atoms with Crippen LogP contribution in [0.5, 0.6) is 0 Å². The van der Waals surface area contributed by atoms with Crippen LogP contribution in [0.3, 0.4) is 0 Å². The molecule has 17 heavy (non-hydrogen) atoms. The summed E-state index contributed by atoms with van der Waals surface area (Å²) in [5.41, 5.74) is 4.56. The van der Waals surface area contributed by atoms with Crippen molar-refractivity contribution >= 4 is 11.7 Å². The lowest BCUT2D eigenvalue weighted by molar-refractivity contribution is -0.141. The Morgan fingerprint density at radius 2 is 2.18 bits per heavy atom. The Labute approximate surface area is 102 Å². The van der Waals surface area contributed by atoms with Crippen molar-refractivity contribution in [1.29, 1.82) is 0 Å². The lowest BCUT2D eigenvalue weighted by atomic mass is 10.0. The number of unbranched alkanes of at least 4 members (excludes halogenated alkanes) is 1. The molecule has 0 radical (unpaired) electrons. The number of amidine groups is 1. The lowest BCUT2D eigenvalue weighted by Crippen LogP contribution is -2.45. The molecule has 0 spiro atoms. The van der Waals surface area contributed by atoms with Crippen molar-refractivity contribution in [1.82, 2.24) is 5.32 Å². The van der Waals surface area contributed by atoms with E-state index in [1.54, 1.807) is 6.92 Å². The maximum atomic E-state index is 11.8. The van der Waals surface area contributed by atoms with Crippen molar-refractivity contribution in [2.75, 3.05) is 13.7 Å². The summed E-state index contributed by atoms with van der Waals surface area (Å²) < 4.78 is 5.18. The summed E-state index contributed by atoms with van der Waals surface area (Å²) in [5.74, 6) is 0.109. The van der Waals surface area contributed by atoms with E-state index in [-0.39, 0.29) is 11.7 Å². The zero-order valence-corrected chi connectivity index (χ0v) is 10.8. The molecule has 6 heteroatoms. The van der Waals surface area contributed by atoms with Crippen LogP contribution in [0.15, 0.2) is 5.16 Å². The molecule has 0 aromatic rings. The van der Waals surface area contributed by atoms with Crippen LogP contribution in [-0.2, 0) is 9.53 Å². The summed E-state index contributed by atoms with van der Waals surface area (Å²) in [7, 11) is 1.53. The van der Waals surface area contributed by atoms with Crippen LogP contribution >= 0.6 is 0 Å². The van der Waals surface area contributed by atoms with Gasteiger partial charge in [-0.25, -0.2) is 0 Å². The highest BCUT2D eigenvalue weighted by molar-refractivity contribution is 5.84. The molecule has 0 aliphatic carbocycles. The highest BCUT2D eigenvalue weighted by atomic mass is 16.5. The third-order valence-corrected chi connectivity index (χ3v) is 2.88. The molecule has 0 aromatic heterocycles. The van der Waals surface area contributed by atoms with Crippen LogP contribution in [-0.4, -0.2) is 36.2 Å². The molecule has 4 N–H and O–H groups in total. The Hall–Kier alpha value is -1.30. The van der Waals surface area contributed by atoms with Gasteiger partial charge >= 0.3 is 0 Å². The van der Waals surface area contributed by atoms with Gasteiger partial charge in [0.1, 0.15) is 11.4 Å². The molecular weight excluding hydrogens is 222 g/mol. The summed E-state index contributed by atoms with van der Waals surface area (Å²) >= 11 is 0. The van der Waals surface area contributed by atoms with E-state index < -0.39 is 5.60 Å². The van der Waals surface area contributed by atoms with Crippen molar-refractivity contribution in [3.8, 4) is 0 Å². The van der Waals surface area contributed by atoms with Gasteiger partial charge in [0, 0.05) is 20.1 Å². The second kappa shape index (κ2) is 7.89. The molecule has 6 nitrogen and oxygen atoms in total. The number of amides is 1. The van der Waals surface area contributed by atoms with Gasteiger partial charge in [-0.2, -0.15) is 0 Å². The molecule has 0 saturated carbocycles. The first-order chi connectivity index (χ1) is 8.00. The molecule has 0 aliphatic rings. The van der Waals surface area contributed by atoms with Crippen LogP contribution in [0.4, 0.5) is 0 Å². The number of carbonyl (C=O) groups excluding carboxylic acids is 1. The van der Waals surface area contributed by atoms with E-state index in [0.29, 0.717) is 19.4 Å². The van der Waals surface area contributed by atoms with Gasteiger partial charge in [0.05, 0.1) is 0 Å². The maximum Gasteiger partial charge on any atom is 0.251 e.